The van der Waals surface area contributed by atoms with Gasteiger partial charge in [-0.2, -0.15) is 0 Å². The van der Waals surface area contributed by atoms with E-state index in [0.29, 0.717) is 16.1 Å². The fraction of sp³-hybridized carbons (Fsp3) is 0.857. The van der Waals surface area contributed by atoms with Crippen molar-refractivity contribution in [3.63, 3.8) is 0 Å². The molecular weight excluding hydrogens is 276 g/mol. The van der Waals surface area contributed by atoms with Gasteiger partial charge in [0.15, 0.2) is 0 Å². The van der Waals surface area contributed by atoms with Gasteiger partial charge in [-0.05, 0) is 19.3 Å². The minimum absolute atomic E-state index is 0.116. The Morgan fingerprint density at radius 1 is 1.27 bits per heavy atom. The highest BCUT2D eigenvalue weighted by Gasteiger charge is 2.27. The highest BCUT2D eigenvalue weighted by molar-refractivity contribution is 9.12. The third-order valence-corrected chi connectivity index (χ3v) is 4.71. The first-order valence-electron chi connectivity index (χ1n) is 3.61. The topological polar surface area (TPSA) is 26.3 Å². The highest BCUT2D eigenvalue weighted by Crippen LogP contribution is 2.31. The van der Waals surface area contributed by atoms with Crippen molar-refractivity contribution in [2.45, 2.75) is 35.0 Å². The summed E-state index contributed by atoms with van der Waals surface area (Å²) in [5.41, 5.74) is 0. The lowest BCUT2D eigenvalue weighted by Crippen LogP contribution is -2.29. The van der Waals surface area contributed by atoms with E-state index >= 15 is 0 Å². The van der Waals surface area contributed by atoms with Crippen LogP contribution in [0.15, 0.2) is 0 Å². The normalized spacial score (nSPS) is 38.2. The smallest absolute Gasteiger partial charge is 0.293 e. The first-order valence-corrected chi connectivity index (χ1v) is 5.44. The van der Waals surface area contributed by atoms with Crippen LogP contribution >= 0.6 is 31.9 Å². The minimum Gasteiger partial charge on any atom is -0.465 e. The van der Waals surface area contributed by atoms with Crippen LogP contribution in [-0.2, 0) is 9.53 Å². The summed E-state index contributed by atoms with van der Waals surface area (Å²) >= 11 is 7.06. The number of carbonyl (C=O) groups excluding carboxylic acids is 1. The molecule has 1 saturated carbocycles. The van der Waals surface area contributed by atoms with Crippen molar-refractivity contribution in [1.29, 1.82) is 0 Å². The lowest BCUT2D eigenvalue weighted by atomic mass is 9.97. The zero-order valence-corrected chi connectivity index (χ0v) is 9.18. The summed E-state index contributed by atoms with van der Waals surface area (Å²) in [6, 6.07) is 0. The molecule has 0 saturated heterocycles. The number of rotatable bonds is 2. The summed E-state index contributed by atoms with van der Waals surface area (Å²) in [5, 5.41) is 0. The van der Waals surface area contributed by atoms with Gasteiger partial charge in [-0.25, -0.2) is 0 Å². The summed E-state index contributed by atoms with van der Waals surface area (Å²) in [4.78, 5) is 11.0. The molecule has 0 amide bonds. The third kappa shape index (κ3) is 2.75. The van der Waals surface area contributed by atoms with Crippen LogP contribution in [0.1, 0.15) is 19.3 Å². The Bertz CT molecular complexity index is 140. The Morgan fingerprint density at radius 3 is 2.55 bits per heavy atom. The molecule has 0 aromatic rings. The van der Waals surface area contributed by atoms with Crippen molar-refractivity contribution in [1.82, 2.24) is 0 Å². The van der Waals surface area contributed by atoms with Gasteiger partial charge < -0.3 is 4.74 Å². The molecule has 0 spiro atoms. The van der Waals surface area contributed by atoms with E-state index in [0.717, 1.165) is 19.3 Å². The average molecular weight is 286 g/mol. The second-order valence-electron chi connectivity index (χ2n) is 2.70. The number of halogens is 2. The van der Waals surface area contributed by atoms with Gasteiger partial charge in [0.25, 0.3) is 6.47 Å². The molecule has 3 atom stereocenters. The van der Waals surface area contributed by atoms with Crippen molar-refractivity contribution in [2.75, 3.05) is 0 Å². The molecule has 2 nitrogen and oxygen atoms in total. The number of hydrogen-bond acceptors (Lipinski definition) is 2. The molecule has 0 aromatic heterocycles. The van der Waals surface area contributed by atoms with Gasteiger partial charge in [0.1, 0.15) is 6.10 Å². The minimum atomic E-state index is 0.116. The molecule has 0 aromatic carbocycles. The van der Waals surface area contributed by atoms with E-state index in [1.165, 1.54) is 0 Å². The average Bonchev–Trinajstić information content (AvgIpc) is 1.98. The fourth-order valence-corrected chi connectivity index (χ4v) is 2.41. The van der Waals surface area contributed by atoms with Crippen molar-refractivity contribution >= 4 is 38.3 Å². The first-order chi connectivity index (χ1) is 5.24. The molecule has 0 N–H and O–H groups in total. The molecule has 0 aliphatic heterocycles. The SMILES string of the molecule is O=COC1CCC(Br)C(Br)C1. The number of hydrogen-bond donors (Lipinski definition) is 0. The van der Waals surface area contributed by atoms with Gasteiger partial charge in [-0.15, -0.1) is 0 Å². The second kappa shape index (κ2) is 4.45. The van der Waals surface area contributed by atoms with Crippen LogP contribution in [0.4, 0.5) is 0 Å². The summed E-state index contributed by atoms with van der Waals surface area (Å²) in [7, 11) is 0. The molecule has 1 fully saturated rings. The van der Waals surface area contributed by atoms with Crippen LogP contribution in [0.2, 0.25) is 0 Å². The van der Waals surface area contributed by atoms with E-state index in [-0.39, 0.29) is 6.10 Å². The first kappa shape index (κ1) is 9.52. The van der Waals surface area contributed by atoms with Gasteiger partial charge in [-0.1, -0.05) is 31.9 Å². The molecule has 0 heterocycles. The molecule has 4 heteroatoms. The van der Waals surface area contributed by atoms with Crippen LogP contribution in [0.5, 0.6) is 0 Å². The van der Waals surface area contributed by atoms with Gasteiger partial charge in [0.05, 0.1) is 0 Å². The predicted octanol–water partition coefficient (Wildman–Crippen LogP) is 2.24. The summed E-state index contributed by atoms with van der Waals surface area (Å²) < 4.78 is 4.87. The largest absolute Gasteiger partial charge is 0.465 e. The Hall–Kier alpha value is 0.430. The van der Waals surface area contributed by atoms with Gasteiger partial charge in [0.2, 0.25) is 0 Å². The van der Waals surface area contributed by atoms with Crippen LogP contribution in [0, 0.1) is 0 Å². The molecule has 1 aliphatic carbocycles. The Kier molecular flexibility index (Phi) is 3.85. The van der Waals surface area contributed by atoms with Gasteiger partial charge in [0, 0.05) is 9.65 Å². The van der Waals surface area contributed by atoms with Crippen molar-refractivity contribution in [2.24, 2.45) is 0 Å². The van der Waals surface area contributed by atoms with Crippen LogP contribution < -0.4 is 0 Å². The number of alkyl halides is 2. The van der Waals surface area contributed by atoms with E-state index in [1.807, 2.05) is 0 Å². The zero-order valence-electron chi connectivity index (χ0n) is 6.00. The van der Waals surface area contributed by atoms with E-state index in [1.54, 1.807) is 0 Å². The monoisotopic (exact) mass is 284 g/mol. The standard InChI is InChI=1S/C7H10Br2O2/c8-6-2-1-5(11-4-10)3-7(6)9/h4-7H,1-3H2. The van der Waals surface area contributed by atoms with E-state index in [4.69, 9.17) is 4.74 Å². The van der Waals surface area contributed by atoms with Crippen molar-refractivity contribution in [3.8, 4) is 0 Å². The van der Waals surface area contributed by atoms with Gasteiger partial charge in [-0.3, -0.25) is 4.79 Å². The van der Waals surface area contributed by atoms with Crippen LogP contribution in [0.25, 0.3) is 0 Å². The molecule has 0 bridgehead atoms. The number of carbonyl (C=O) groups is 1. The second-order valence-corrected chi connectivity index (χ2v) is 5.05. The predicted molar refractivity (Wildman–Crippen MR) is 50.2 cm³/mol. The summed E-state index contributed by atoms with van der Waals surface area (Å²) in [5.74, 6) is 0. The van der Waals surface area contributed by atoms with E-state index in [9.17, 15) is 4.79 Å². The Labute approximate surface area is 82.9 Å². The summed E-state index contributed by atoms with van der Waals surface area (Å²) in [6.07, 6.45) is 3.06. The molecular formula is C7H10Br2O2. The van der Waals surface area contributed by atoms with Crippen molar-refractivity contribution in [3.05, 3.63) is 0 Å². The molecule has 64 valence electrons. The highest BCUT2D eigenvalue weighted by atomic mass is 79.9. The Balaban J connectivity index is 2.33. The van der Waals surface area contributed by atoms with Crippen LogP contribution in [0.3, 0.4) is 0 Å². The van der Waals surface area contributed by atoms with Gasteiger partial charge >= 0.3 is 0 Å². The molecule has 3 unspecified atom stereocenters. The summed E-state index contributed by atoms with van der Waals surface area (Å²) in [6.45, 7) is 0.541. The molecule has 11 heavy (non-hydrogen) atoms. The van der Waals surface area contributed by atoms with E-state index < -0.39 is 0 Å². The molecule has 1 rings (SSSR count). The fourth-order valence-electron chi connectivity index (χ4n) is 1.24. The third-order valence-electron chi connectivity index (χ3n) is 1.89. The lowest BCUT2D eigenvalue weighted by Gasteiger charge is -2.28. The lowest BCUT2D eigenvalue weighted by molar-refractivity contribution is -0.134. The Morgan fingerprint density at radius 2 is 2.00 bits per heavy atom. The van der Waals surface area contributed by atoms with Crippen LogP contribution in [-0.4, -0.2) is 22.2 Å². The maximum Gasteiger partial charge on any atom is 0.293 e. The van der Waals surface area contributed by atoms with E-state index in [2.05, 4.69) is 31.9 Å². The quantitative estimate of drug-likeness (QED) is 0.575. The molecule has 0 radical (unpaired) electrons. The zero-order chi connectivity index (χ0) is 8.27. The maximum atomic E-state index is 10.0. The number of ether oxygens (including phenoxy) is 1. The molecule has 1 aliphatic rings. The maximum absolute atomic E-state index is 10.0. The van der Waals surface area contributed by atoms with Crippen molar-refractivity contribution < 1.29 is 9.53 Å².